The van der Waals surface area contributed by atoms with Gasteiger partial charge in [-0.1, -0.05) is 18.2 Å². The fourth-order valence-corrected chi connectivity index (χ4v) is 2.99. The maximum Gasteiger partial charge on any atom is 0.325 e. The number of rotatable bonds is 4. The van der Waals surface area contributed by atoms with E-state index < -0.39 is 5.97 Å². The molecule has 1 fully saturated rings. The lowest BCUT2D eigenvalue weighted by Gasteiger charge is -2.31. The third kappa shape index (κ3) is 3.82. The van der Waals surface area contributed by atoms with Gasteiger partial charge >= 0.3 is 5.97 Å². The summed E-state index contributed by atoms with van der Waals surface area (Å²) in [7, 11) is 0. The predicted molar refractivity (Wildman–Crippen MR) is 84.2 cm³/mol. The zero-order valence-corrected chi connectivity index (χ0v) is 13.2. The highest BCUT2D eigenvalue weighted by molar-refractivity contribution is 5.85. The van der Waals surface area contributed by atoms with Crippen LogP contribution in [0, 0.1) is 0 Å². The van der Waals surface area contributed by atoms with Crippen molar-refractivity contribution in [1.29, 1.82) is 0 Å². The fourth-order valence-electron chi connectivity index (χ4n) is 2.99. The number of para-hydroxylation sites is 1. The molecule has 0 radical (unpaired) electrons. The summed E-state index contributed by atoms with van der Waals surface area (Å²) < 4.78 is 11.3. The van der Waals surface area contributed by atoms with E-state index in [1.54, 1.807) is 0 Å². The molecular weight excluding hydrogens is 296 g/mol. The van der Waals surface area contributed by atoms with Crippen LogP contribution in [0.15, 0.2) is 24.3 Å². The zero-order chi connectivity index (χ0) is 16.2. The van der Waals surface area contributed by atoms with Crippen LogP contribution in [-0.4, -0.2) is 43.2 Å². The van der Waals surface area contributed by atoms with Crippen molar-refractivity contribution in [1.82, 2.24) is 10.6 Å². The van der Waals surface area contributed by atoms with E-state index in [9.17, 15) is 9.59 Å². The maximum atomic E-state index is 12.0. The molecule has 0 saturated carbocycles. The Hall–Kier alpha value is -2.08. The summed E-state index contributed by atoms with van der Waals surface area (Å²) in [6, 6.07) is 7.55. The lowest BCUT2D eigenvalue weighted by Crippen LogP contribution is -2.44. The van der Waals surface area contributed by atoms with Crippen molar-refractivity contribution in [2.24, 2.45) is 0 Å². The third-order valence-corrected chi connectivity index (χ3v) is 4.30. The second-order valence-electron chi connectivity index (χ2n) is 6.03. The third-order valence-electron chi connectivity index (χ3n) is 4.30. The topological polar surface area (TPSA) is 76.7 Å². The van der Waals surface area contributed by atoms with Gasteiger partial charge < -0.3 is 20.1 Å². The first kappa shape index (κ1) is 15.8. The molecule has 1 aromatic rings. The number of ether oxygens (including phenoxy) is 2. The molecular formula is C17H22N2O4. The first-order valence-electron chi connectivity index (χ1n) is 8.08. The molecule has 3 rings (SSSR count). The number of nitrogens with one attached hydrogen (secondary N) is 2. The molecule has 124 valence electrons. The number of amides is 1. The van der Waals surface area contributed by atoms with Crippen LogP contribution in [0.1, 0.15) is 25.3 Å². The first-order chi connectivity index (χ1) is 11.1. The van der Waals surface area contributed by atoms with Gasteiger partial charge in [-0.2, -0.15) is 0 Å². The van der Waals surface area contributed by atoms with E-state index >= 15 is 0 Å². The number of carbonyl (C=O) groups excluding carboxylic acids is 2. The van der Waals surface area contributed by atoms with E-state index in [2.05, 4.69) is 10.6 Å². The van der Waals surface area contributed by atoms with Crippen molar-refractivity contribution < 1.29 is 19.1 Å². The molecule has 23 heavy (non-hydrogen) atoms. The standard InChI is InChI=1S/C17H22N2O4/c1-11-15(9-12-5-2-3-7-14(12)22-11)23-16(20)10-19-17(21)13-6-4-8-18-13/h2-3,5,7,11,13,15,18H,4,6,8-10H2,1H3,(H,19,21)/t11?,13-,15?/m0/s1. The van der Waals surface area contributed by atoms with Crippen LogP contribution >= 0.6 is 0 Å². The minimum Gasteiger partial charge on any atom is -0.487 e. The molecule has 2 aliphatic rings. The molecule has 0 bridgehead atoms. The maximum absolute atomic E-state index is 12.0. The van der Waals surface area contributed by atoms with Crippen LogP contribution in [0.5, 0.6) is 5.75 Å². The molecule has 0 aliphatic carbocycles. The van der Waals surface area contributed by atoms with Gasteiger partial charge in [0.25, 0.3) is 0 Å². The molecule has 3 atom stereocenters. The molecule has 2 heterocycles. The van der Waals surface area contributed by atoms with Crippen molar-refractivity contribution in [2.75, 3.05) is 13.1 Å². The summed E-state index contributed by atoms with van der Waals surface area (Å²) in [6.45, 7) is 2.62. The normalized spacial score (nSPS) is 26.0. The number of hydrogen-bond donors (Lipinski definition) is 2. The lowest BCUT2D eigenvalue weighted by atomic mass is 10.0. The van der Waals surface area contributed by atoms with Crippen LogP contribution in [0.2, 0.25) is 0 Å². The highest BCUT2D eigenvalue weighted by Crippen LogP contribution is 2.28. The minimum absolute atomic E-state index is 0.109. The molecule has 6 nitrogen and oxygen atoms in total. The molecule has 2 unspecified atom stereocenters. The Balaban J connectivity index is 1.49. The van der Waals surface area contributed by atoms with Crippen LogP contribution in [0.4, 0.5) is 0 Å². The molecule has 1 saturated heterocycles. The summed E-state index contributed by atoms with van der Waals surface area (Å²) in [6.07, 6.45) is 1.88. The van der Waals surface area contributed by atoms with Crippen molar-refractivity contribution in [3.05, 3.63) is 29.8 Å². The summed E-state index contributed by atoms with van der Waals surface area (Å²) in [5, 5.41) is 5.73. The Morgan fingerprint density at radius 1 is 1.39 bits per heavy atom. The Bertz CT molecular complexity index is 584. The Labute approximate surface area is 135 Å². The van der Waals surface area contributed by atoms with Gasteiger partial charge in [-0.05, 0) is 37.9 Å². The SMILES string of the molecule is CC1Oc2ccccc2CC1OC(=O)CNC(=O)[C@@H]1CCCN1. The highest BCUT2D eigenvalue weighted by atomic mass is 16.6. The van der Waals surface area contributed by atoms with Crippen LogP contribution in [0.25, 0.3) is 0 Å². The average molecular weight is 318 g/mol. The molecule has 1 aromatic carbocycles. The smallest absolute Gasteiger partial charge is 0.325 e. The molecule has 2 N–H and O–H groups in total. The van der Waals surface area contributed by atoms with Gasteiger partial charge in [0.1, 0.15) is 24.5 Å². The molecule has 2 aliphatic heterocycles. The van der Waals surface area contributed by atoms with Gasteiger partial charge in [0.05, 0.1) is 6.04 Å². The van der Waals surface area contributed by atoms with Crippen molar-refractivity contribution in [3.8, 4) is 5.75 Å². The van der Waals surface area contributed by atoms with E-state index in [0.29, 0.717) is 6.42 Å². The van der Waals surface area contributed by atoms with E-state index in [-0.39, 0.29) is 30.7 Å². The monoisotopic (exact) mass is 318 g/mol. The predicted octanol–water partition coefficient (Wildman–Crippen LogP) is 0.790. The van der Waals surface area contributed by atoms with E-state index in [1.807, 2.05) is 31.2 Å². The van der Waals surface area contributed by atoms with Gasteiger partial charge in [0.2, 0.25) is 5.91 Å². The fraction of sp³-hybridized carbons (Fsp3) is 0.529. The van der Waals surface area contributed by atoms with E-state index in [0.717, 1.165) is 30.7 Å². The second kappa shape index (κ2) is 7.00. The second-order valence-corrected chi connectivity index (χ2v) is 6.03. The van der Waals surface area contributed by atoms with E-state index in [1.165, 1.54) is 0 Å². The number of hydrogen-bond acceptors (Lipinski definition) is 5. The van der Waals surface area contributed by atoms with Crippen molar-refractivity contribution in [3.63, 3.8) is 0 Å². The van der Waals surface area contributed by atoms with Crippen LogP contribution in [-0.2, 0) is 20.7 Å². The summed E-state index contributed by atoms with van der Waals surface area (Å²) in [4.78, 5) is 23.8. The lowest BCUT2D eigenvalue weighted by molar-refractivity contribution is -0.154. The zero-order valence-electron chi connectivity index (χ0n) is 13.2. The quantitative estimate of drug-likeness (QED) is 0.803. The Morgan fingerprint density at radius 2 is 2.22 bits per heavy atom. The number of benzene rings is 1. The van der Waals surface area contributed by atoms with Crippen molar-refractivity contribution in [2.45, 2.75) is 44.4 Å². The molecule has 0 spiro atoms. The highest BCUT2D eigenvalue weighted by Gasteiger charge is 2.30. The van der Waals surface area contributed by atoms with E-state index in [4.69, 9.17) is 9.47 Å². The number of carbonyl (C=O) groups is 2. The molecule has 0 aromatic heterocycles. The molecule has 6 heteroatoms. The Kier molecular flexibility index (Phi) is 4.81. The average Bonchev–Trinajstić information content (AvgIpc) is 3.08. The summed E-state index contributed by atoms with van der Waals surface area (Å²) in [5.41, 5.74) is 1.03. The number of esters is 1. The van der Waals surface area contributed by atoms with Crippen LogP contribution in [0.3, 0.4) is 0 Å². The largest absolute Gasteiger partial charge is 0.487 e. The van der Waals surface area contributed by atoms with Gasteiger partial charge in [-0.25, -0.2) is 0 Å². The summed E-state index contributed by atoms with van der Waals surface area (Å²) >= 11 is 0. The van der Waals surface area contributed by atoms with Gasteiger partial charge in [0, 0.05) is 6.42 Å². The Morgan fingerprint density at radius 3 is 3.00 bits per heavy atom. The van der Waals surface area contributed by atoms with Gasteiger partial charge in [0.15, 0.2) is 0 Å². The summed E-state index contributed by atoms with van der Waals surface area (Å²) in [5.74, 6) is 0.266. The molecule has 1 amide bonds. The van der Waals surface area contributed by atoms with Crippen LogP contribution < -0.4 is 15.4 Å². The first-order valence-corrected chi connectivity index (χ1v) is 8.08. The van der Waals surface area contributed by atoms with Gasteiger partial charge in [-0.3, -0.25) is 9.59 Å². The number of fused-ring (bicyclic) bond motifs is 1. The minimum atomic E-state index is -0.434. The van der Waals surface area contributed by atoms with Crippen molar-refractivity contribution >= 4 is 11.9 Å². The van der Waals surface area contributed by atoms with Gasteiger partial charge in [-0.15, -0.1) is 0 Å².